The molecule has 98 valence electrons. The lowest BCUT2D eigenvalue weighted by Gasteiger charge is -2.16. The van der Waals surface area contributed by atoms with Gasteiger partial charge in [0.15, 0.2) is 5.69 Å². The van der Waals surface area contributed by atoms with Gasteiger partial charge in [0.25, 0.3) is 0 Å². The van der Waals surface area contributed by atoms with E-state index in [-0.39, 0.29) is 5.69 Å². The van der Waals surface area contributed by atoms with Gasteiger partial charge in [0.1, 0.15) is 5.82 Å². The molecule has 2 N–H and O–H groups in total. The van der Waals surface area contributed by atoms with Crippen LogP contribution in [0.5, 0.6) is 0 Å². The molecule has 1 saturated heterocycles. The molecule has 0 aliphatic carbocycles. The number of nitrogens with zero attached hydrogens (tertiary/aromatic N) is 2. The highest BCUT2D eigenvalue weighted by molar-refractivity contribution is 5.87. The molecular formula is C12H18N4O2. The van der Waals surface area contributed by atoms with Crippen LogP contribution in [0.1, 0.15) is 29.8 Å². The van der Waals surface area contributed by atoms with E-state index in [9.17, 15) is 4.79 Å². The van der Waals surface area contributed by atoms with Crippen molar-refractivity contribution in [2.45, 2.75) is 25.3 Å². The second kappa shape index (κ2) is 6.30. The average Bonchev–Trinajstić information content (AvgIpc) is 2.67. The molecule has 0 aromatic carbocycles. The highest BCUT2D eigenvalue weighted by Gasteiger charge is 2.14. The lowest BCUT2D eigenvalue weighted by Crippen LogP contribution is -2.31. The molecule has 0 bridgehead atoms. The van der Waals surface area contributed by atoms with E-state index in [1.54, 1.807) is 6.20 Å². The lowest BCUT2D eigenvalue weighted by atomic mass is 10.1. The van der Waals surface area contributed by atoms with Crippen LogP contribution < -0.4 is 10.6 Å². The second-order valence-electron chi connectivity index (χ2n) is 4.32. The predicted octanol–water partition coefficient (Wildman–Crippen LogP) is 0.817. The number of hydrogen-bond donors (Lipinski definition) is 2. The summed E-state index contributed by atoms with van der Waals surface area (Å²) in [7, 11) is 1.33. The summed E-state index contributed by atoms with van der Waals surface area (Å²) < 4.78 is 4.62. The van der Waals surface area contributed by atoms with E-state index < -0.39 is 5.97 Å². The van der Waals surface area contributed by atoms with Crippen LogP contribution in [-0.4, -0.2) is 42.2 Å². The molecule has 2 heterocycles. The topological polar surface area (TPSA) is 76.1 Å². The molecule has 1 atom stereocenters. The van der Waals surface area contributed by atoms with E-state index in [0.717, 1.165) is 19.5 Å². The van der Waals surface area contributed by atoms with Crippen molar-refractivity contribution in [1.82, 2.24) is 15.3 Å². The molecule has 2 rings (SSSR count). The largest absolute Gasteiger partial charge is 0.464 e. The quantitative estimate of drug-likeness (QED) is 0.773. The highest BCUT2D eigenvalue weighted by atomic mass is 16.5. The minimum Gasteiger partial charge on any atom is -0.464 e. The van der Waals surface area contributed by atoms with Crippen molar-refractivity contribution in [3.63, 3.8) is 0 Å². The first-order chi connectivity index (χ1) is 8.79. The highest BCUT2D eigenvalue weighted by Crippen LogP contribution is 2.10. The van der Waals surface area contributed by atoms with Gasteiger partial charge in [0.05, 0.1) is 19.5 Å². The third kappa shape index (κ3) is 3.40. The van der Waals surface area contributed by atoms with Crippen LogP contribution in [0.2, 0.25) is 0 Å². The smallest absolute Gasteiger partial charge is 0.358 e. The summed E-state index contributed by atoms with van der Waals surface area (Å²) in [5.41, 5.74) is 0.226. The van der Waals surface area contributed by atoms with E-state index in [4.69, 9.17) is 0 Å². The number of carbonyl (C=O) groups is 1. The van der Waals surface area contributed by atoms with Gasteiger partial charge in [0, 0.05) is 12.6 Å². The molecule has 1 aromatic rings. The molecule has 6 heteroatoms. The number of methoxy groups -OCH3 is 1. The van der Waals surface area contributed by atoms with Crippen molar-refractivity contribution in [3.05, 3.63) is 18.1 Å². The second-order valence-corrected chi connectivity index (χ2v) is 4.32. The zero-order valence-corrected chi connectivity index (χ0v) is 10.5. The fourth-order valence-electron chi connectivity index (χ4n) is 1.99. The van der Waals surface area contributed by atoms with Gasteiger partial charge < -0.3 is 15.4 Å². The van der Waals surface area contributed by atoms with Crippen molar-refractivity contribution in [3.8, 4) is 0 Å². The first kappa shape index (κ1) is 12.8. The Labute approximate surface area is 106 Å². The molecule has 1 aliphatic heterocycles. The molecule has 18 heavy (non-hydrogen) atoms. The zero-order valence-electron chi connectivity index (χ0n) is 10.5. The predicted molar refractivity (Wildman–Crippen MR) is 67.5 cm³/mol. The summed E-state index contributed by atoms with van der Waals surface area (Å²) in [6, 6.07) is 0.328. The SMILES string of the molecule is COC(=O)c1cncc(NC2CCCCNC2)n1. The van der Waals surface area contributed by atoms with Gasteiger partial charge >= 0.3 is 5.97 Å². The number of hydrogen-bond acceptors (Lipinski definition) is 6. The van der Waals surface area contributed by atoms with Gasteiger partial charge in [-0.15, -0.1) is 0 Å². The van der Waals surface area contributed by atoms with Gasteiger partial charge in [0.2, 0.25) is 0 Å². The fourth-order valence-corrected chi connectivity index (χ4v) is 1.99. The maximum Gasteiger partial charge on any atom is 0.358 e. The van der Waals surface area contributed by atoms with E-state index in [0.29, 0.717) is 11.9 Å². The fraction of sp³-hybridized carbons (Fsp3) is 0.583. The zero-order chi connectivity index (χ0) is 12.8. The number of rotatable bonds is 3. The molecular weight excluding hydrogens is 232 g/mol. The van der Waals surface area contributed by atoms with Crippen molar-refractivity contribution < 1.29 is 9.53 Å². The van der Waals surface area contributed by atoms with Gasteiger partial charge in [-0.3, -0.25) is 4.98 Å². The summed E-state index contributed by atoms with van der Waals surface area (Å²) in [4.78, 5) is 19.5. The molecule has 1 fully saturated rings. The Balaban J connectivity index is 2.01. The first-order valence-electron chi connectivity index (χ1n) is 6.17. The van der Waals surface area contributed by atoms with Gasteiger partial charge in [-0.2, -0.15) is 0 Å². The van der Waals surface area contributed by atoms with E-state index >= 15 is 0 Å². The molecule has 0 saturated carbocycles. The maximum atomic E-state index is 11.3. The van der Waals surface area contributed by atoms with E-state index in [1.165, 1.54) is 26.1 Å². The Morgan fingerprint density at radius 3 is 3.22 bits per heavy atom. The average molecular weight is 250 g/mol. The standard InChI is InChI=1S/C12H18N4O2/c1-18-12(17)10-7-14-8-11(16-10)15-9-4-2-3-5-13-6-9/h7-9,13H,2-6H2,1H3,(H,15,16). The molecule has 6 nitrogen and oxygen atoms in total. The van der Waals surface area contributed by atoms with Gasteiger partial charge in [-0.25, -0.2) is 9.78 Å². The van der Waals surface area contributed by atoms with Crippen LogP contribution in [-0.2, 0) is 4.74 Å². The molecule has 1 aliphatic rings. The molecule has 0 spiro atoms. The van der Waals surface area contributed by atoms with E-state index in [1.807, 2.05) is 0 Å². The summed E-state index contributed by atoms with van der Waals surface area (Å²) >= 11 is 0. The number of nitrogens with one attached hydrogen (secondary N) is 2. The number of carbonyl (C=O) groups excluding carboxylic acids is 1. The Morgan fingerprint density at radius 2 is 2.39 bits per heavy atom. The lowest BCUT2D eigenvalue weighted by molar-refractivity contribution is 0.0593. The molecule has 0 radical (unpaired) electrons. The van der Waals surface area contributed by atoms with Crippen LogP contribution in [0.15, 0.2) is 12.4 Å². The normalized spacial score (nSPS) is 19.9. The van der Waals surface area contributed by atoms with Crippen molar-refractivity contribution in [1.29, 1.82) is 0 Å². The van der Waals surface area contributed by atoms with Crippen molar-refractivity contribution in [2.24, 2.45) is 0 Å². The number of aromatic nitrogens is 2. The van der Waals surface area contributed by atoms with Crippen LogP contribution in [0.25, 0.3) is 0 Å². The maximum absolute atomic E-state index is 11.3. The van der Waals surface area contributed by atoms with Crippen molar-refractivity contribution in [2.75, 3.05) is 25.5 Å². The van der Waals surface area contributed by atoms with Gasteiger partial charge in [-0.05, 0) is 19.4 Å². The molecule has 1 unspecified atom stereocenters. The minimum atomic E-state index is -0.467. The third-order valence-corrected chi connectivity index (χ3v) is 2.93. The Kier molecular flexibility index (Phi) is 4.46. The van der Waals surface area contributed by atoms with Crippen LogP contribution in [0.3, 0.4) is 0 Å². The Morgan fingerprint density at radius 1 is 1.50 bits per heavy atom. The van der Waals surface area contributed by atoms with Crippen LogP contribution in [0.4, 0.5) is 5.82 Å². The summed E-state index contributed by atoms with van der Waals surface area (Å²) in [5.74, 6) is 0.150. The first-order valence-corrected chi connectivity index (χ1v) is 6.17. The summed E-state index contributed by atoms with van der Waals surface area (Å²) in [5, 5.41) is 6.66. The number of esters is 1. The minimum absolute atomic E-state index is 0.226. The van der Waals surface area contributed by atoms with E-state index in [2.05, 4.69) is 25.3 Å². The third-order valence-electron chi connectivity index (χ3n) is 2.93. The molecule has 0 amide bonds. The van der Waals surface area contributed by atoms with Crippen LogP contribution in [0, 0.1) is 0 Å². The Hall–Kier alpha value is -1.69. The molecule has 1 aromatic heterocycles. The Bertz CT molecular complexity index is 403. The van der Waals surface area contributed by atoms with Crippen molar-refractivity contribution >= 4 is 11.8 Å². The van der Waals surface area contributed by atoms with Crippen LogP contribution >= 0.6 is 0 Å². The summed E-state index contributed by atoms with van der Waals surface area (Å²) in [6.07, 6.45) is 6.51. The number of ether oxygens (including phenoxy) is 1. The van der Waals surface area contributed by atoms with Gasteiger partial charge in [-0.1, -0.05) is 6.42 Å². The monoisotopic (exact) mass is 250 g/mol. The summed E-state index contributed by atoms with van der Waals surface area (Å²) in [6.45, 7) is 1.97. The number of anilines is 1.